The molecule has 0 fully saturated rings. The number of ether oxygens (including phenoxy) is 4. The van der Waals surface area contributed by atoms with E-state index >= 15 is 0 Å². The van der Waals surface area contributed by atoms with Crippen molar-refractivity contribution in [3.05, 3.63) is 80.7 Å². The first-order valence-electron chi connectivity index (χ1n) is 10.9. The molecule has 3 rings (SSSR count). The normalized spacial score (nSPS) is 10.8. The van der Waals surface area contributed by atoms with Crippen LogP contribution in [0.4, 0.5) is 4.39 Å². The smallest absolute Gasteiger partial charge is 0.271 e. The van der Waals surface area contributed by atoms with E-state index in [-0.39, 0.29) is 18.3 Å². The van der Waals surface area contributed by atoms with E-state index in [1.54, 1.807) is 36.4 Å². The summed E-state index contributed by atoms with van der Waals surface area (Å²) in [7, 11) is 1.54. The Bertz CT molecular complexity index is 1200. The highest BCUT2D eigenvalue weighted by Crippen LogP contribution is 2.34. The molecule has 0 bridgehead atoms. The van der Waals surface area contributed by atoms with Gasteiger partial charge in [0.25, 0.3) is 5.91 Å². The first-order valence-corrected chi connectivity index (χ1v) is 12.0. The fourth-order valence-electron chi connectivity index (χ4n) is 3.16. The molecular formula is C26H26FIN2O5. The number of hydrazone groups is 1. The van der Waals surface area contributed by atoms with Crippen LogP contribution in [-0.2, 0) is 6.61 Å². The number of nitrogens with one attached hydrogen (secondary N) is 1. The molecule has 35 heavy (non-hydrogen) atoms. The number of amides is 1. The third-order valence-corrected chi connectivity index (χ3v) is 5.51. The summed E-state index contributed by atoms with van der Waals surface area (Å²) in [5.74, 6) is 1.41. The molecule has 0 aliphatic heterocycles. The molecule has 3 aromatic carbocycles. The molecule has 7 nitrogen and oxygen atoms in total. The second kappa shape index (κ2) is 12.9. The zero-order chi connectivity index (χ0) is 25.2. The van der Waals surface area contributed by atoms with E-state index in [1.165, 1.54) is 25.5 Å². The summed E-state index contributed by atoms with van der Waals surface area (Å²) in [6.07, 6.45) is 1.52. The minimum absolute atomic E-state index is 0.197. The number of methoxy groups -OCH3 is 1. The number of nitrogens with zero attached hydrogens (tertiary/aromatic N) is 1. The Balaban J connectivity index is 1.72. The highest BCUT2D eigenvalue weighted by molar-refractivity contribution is 14.1. The lowest BCUT2D eigenvalue weighted by Crippen LogP contribution is -2.17. The lowest BCUT2D eigenvalue weighted by atomic mass is 10.2. The number of hydrogen-bond acceptors (Lipinski definition) is 6. The Kier molecular flexibility index (Phi) is 9.71. The van der Waals surface area contributed by atoms with Crippen LogP contribution in [0, 0.1) is 9.39 Å². The summed E-state index contributed by atoms with van der Waals surface area (Å²) in [6.45, 7) is 4.80. The minimum Gasteiger partial charge on any atom is -0.493 e. The molecule has 0 heterocycles. The molecule has 9 heteroatoms. The lowest BCUT2D eigenvalue weighted by Gasteiger charge is -2.15. The van der Waals surface area contributed by atoms with Crippen LogP contribution in [0.2, 0.25) is 0 Å². The summed E-state index contributed by atoms with van der Waals surface area (Å²) in [5.41, 5.74) is 4.32. The minimum atomic E-state index is -0.389. The number of rotatable bonds is 11. The zero-order valence-corrected chi connectivity index (χ0v) is 21.8. The van der Waals surface area contributed by atoms with Crippen LogP contribution in [0.1, 0.15) is 35.3 Å². The van der Waals surface area contributed by atoms with E-state index in [4.69, 9.17) is 18.9 Å². The third-order valence-electron chi connectivity index (χ3n) is 4.71. The van der Waals surface area contributed by atoms with Crippen molar-refractivity contribution in [3.8, 4) is 23.0 Å². The van der Waals surface area contributed by atoms with Crippen LogP contribution in [0.15, 0.2) is 59.7 Å². The summed E-state index contributed by atoms with van der Waals surface area (Å²) >= 11 is 2.14. The molecule has 3 aromatic rings. The van der Waals surface area contributed by atoms with Gasteiger partial charge in [0.15, 0.2) is 23.0 Å². The van der Waals surface area contributed by atoms with Gasteiger partial charge in [-0.2, -0.15) is 5.10 Å². The van der Waals surface area contributed by atoms with Crippen LogP contribution in [0.5, 0.6) is 23.0 Å². The van der Waals surface area contributed by atoms with Crippen LogP contribution >= 0.6 is 22.6 Å². The summed E-state index contributed by atoms with van der Waals surface area (Å²) in [6, 6.07) is 14.8. The van der Waals surface area contributed by atoms with Crippen molar-refractivity contribution in [2.45, 2.75) is 20.5 Å². The van der Waals surface area contributed by atoms with Crippen LogP contribution in [0.3, 0.4) is 0 Å². The largest absolute Gasteiger partial charge is 0.493 e. The summed E-state index contributed by atoms with van der Waals surface area (Å²) in [5, 5.41) is 4.07. The van der Waals surface area contributed by atoms with E-state index in [1.807, 2.05) is 19.9 Å². The Labute approximate surface area is 217 Å². The van der Waals surface area contributed by atoms with Gasteiger partial charge in [0.2, 0.25) is 0 Å². The Morgan fingerprint density at radius 1 is 1.00 bits per heavy atom. The molecule has 0 saturated carbocycles. The van der Waals surface area contributed by atoms with Crippen molar-refractivity contribution < 1.29 is 28.1 Å². The third kappa shape index (κ3) is 7.32. The second-order valence-electron chi connectivity index (χ2n) is 7.18. The van der Waals surface area contributed by atoms with E-state index in [0.717, 1.165) is 3.57 Å². The van der Waals surface area contributed by atoms with Gasteiger partial charge in [-0.05, 0) is 90.0 Å². The van der Waals surface area contributed by atoms with Crippen molar-refractivity contribution in [2.75, 3.05) is 20.3 Å². The monoisotopic (exact) mass is 592 g/mol. The number of carbonyl (C=O) groups excluding carboxylic acids is 1. The van der Waals surface area contributed by atoms with Gasteiger partial charge in [0.1, 0.15) is 12.4 Å². The number of halogens is 2. The van der Waals surface area contributed by atoms with Crippen LogP contribution < -0.4 is 24.4 Å². The van der Waals surface area contributed by atoms with Gasteiger partial charge >= 0.3 is 0 Å². The fourth-order valence-corrected chi connectivity index (χ4v) is 3.95. The molecule has 0 aliphatic rings. The molecule has 0 aromatic heterocycles. The maximum atomic E-state index is 13.5. The highest BCUT2D eigenvalue weighted by Gasteiger charge is 2.13. The Morgan fingerprint density at radius 2 is 1.77 bits per heavy atom. The average molecular weight is 592 g/mol. The van der Waals surface area contributed by atoms with Crippen molar-refractivity contribution in [2.24, 2.45) is 5.10 Å². The highest BCUT2D eigenvalue weighted by atomic mass is 127. The van der Waals surface area contributed by atoms with Gasteiger partial charge in [0, 0.05) is 5.56 Å². The Morgan fingerprint density at radius 3 is 2.49 bits per heavy atom. The number of benzene rings is 3. The first-order chi connectivity index (χ1) is 16.9. The maximum Gasteiger partial charge on any atom is 0.271 e. The van der Waals surface area contributed by atoms with Gasteiger partial charge in [-0.1, -0.05) is 12.1 Å². The molecule has 0 radical (unpaired) electrons. The maximum absolute atomic E-state index is 13.5. The zero-order valence-electron chi connectivity index (χ0n) is 19.6. The van der Waals surface area contributed by atoms with Crippen molar-refractivity contribution >= 4 is 34.7 Å². The average Bonchev–Trinajstić information content (AvgIpc) is 2.84. The number of hydrogen-bond donors (Lipinski definition) is 1. The molecule has 0 spiro atoms. The number of carbonyl (C=O) groups is 1. The van der Waals surface area contributed by atoms with Gasteiger partial charge in [0.05, 0.1) is 30.1 Å². The van der Waals surface area contributed by atoms with Gasteiger partial charge in [-0.15, -0.1) is 0 Å². The van der Waals surface area contributed by atoms with Crippen molar-refractivity contribution in [1.82, 2.24) is 5.43 Å². The molecule has 0 aliphatic carbocycles. The predicted molar refractivity (Wildman–Crippen MR) is 140 cm³/mol. The van der Waals surface area contributed by atoms with E-state index in [2.05, 4.69) is 33.1 Å². The Hall–Kier alpha value is -3.34. The first kappa shape index (κ1) is 26.3. The topological polar surface area (TPSA) is 78.4 Å². The van der Waals surface area contributed by atoms with Gasteiger partial charge < -0.3 is 18.9 Å². The standard InChI is InChI=1S/C26H26FIN2O5/c1-4-33-23-14-19(9-10-22(23)32-3)26(31)30-29-15-18-12-21(28)25(24(13-18)34-5-2)35-16-17-7-6-8-20(27)11-17/h6-15H,4-5,16H2,1-3H3,(H,30,31)/b29-15+. The quantitative estimate of drug-likeness (QED) is 0.179. The lowest BCUT2D eigenvalue weighted by molar-refractivity contribution is 0.0954. The van der Waals surface area contributed by atoms with Crippen molar-refractivity contribution in [1.29, 1.82) is 0 Å². The summed E-state index contributed by atoms with van der Waals surface area (Å²) < 4.78 is 36.7. The molecule has 0 saturated heterocycles. The van der Waals surface area contributed by atoms with Gasteiger partial charge in [-0.3, -0.25) is 4.79 Å². The summed E-state index contributed by atoms with van der Waals surface area (Å²) in [4.78, 5) is 12.5. The predicted octanol–water partition coefficient (Wildman–Crippen LogP) is 5.58. The van der Waals surface area contributed by atoms with Crippen LogP contribution in [0.25, 0.3) is 0 Å². The molecule has 1 amide bonds. The molecular weight excluding hydrogens is 566 g/mol. The molecule has 1 N–H and O–H groups in total. The van der Waals surface area contributed by atoms with Crippen molar-refractivity contribution in [3.63, 3.8) is 0 Å². The second-order valence-corrected chi connectivity index (χ2v) is 8.34. The van der Waals surface area contributed by atoms with Gasteiger partial charge in [-0.25, -0.2) is 9.82 Å². The molecule has 0 unspecified atom stereocenters. The SMILES string of the molecule is CCOc1cc(C(=O)N/N=C/c2cc(I)c(OCc3cccc(F)c3)c(OCC)c2)ccc1OC. The molecule has 0 atom stereocenters. The van der Waals surface area contributed by atoms with E-state index in [0.29, 0.717) is 52.9 Å². The molecule has 184 valence electrons. The van der Waals surface area contributed by atoms with Crippen LogP contribution in [-0.4, -0.2) is 32.4 Å². The van der Waals surface area contributed by atoms with E-state index in [9.17, 15) is 9.18 Å². The fraction of sp³-hybridized carbons (Fsp3) is 0.231. The van der Waals surface area contributed by atoms with E-state index < -0.39 is 0 Å².